The fourth-order valence-corrected chi connectivity index (χ4v) is 3.21. The fourth-order valence-electron chi connectivity index (χ4n) is 2.74. The molecule has 0 fully saturated rings. The third-order valence-electron chi connectivity index (χ3n) is 4.81. The van der Waals surface area contributed by atoms with Crippen LogP contribution in [0, 0.1) is 0 Å². The molecular weight excluding hydrogens is 452 g/mol. The summed E-state index contributed by atoms with van der Waals surface area (Å²) in [6.07, 6.45) is 0.927. The van der Waals surface area contributed by atoms with Crippen molar-refractivity contribution in [3.8, 4) is 5.75 Å². The Labute approximate surface area is 196 Å². The molecule has 1 rings (SSSR count). The maximum absolute atomic E-state index is 12.8. The summed E-state index contributed by atoms with van der Waals surface area (Å²) in [5.41, 5.74) is 6.14. The first-order chi connectivity index (χ1) is 15.5. The molecular formula is C21H32N4O7S. The third kappa shape index (κ3) is 9.68. The second-order valence-electron chi connectivity index (χ2n) is 7.61. The smallest absolute Gasteiger partial charge is 0.326 e. The van der Waals surface area contributed by atoms with Gasteiger partial charge >= 0.3 is 5.97 Å². The van der Waals surface area contributed by atoms with Crippen molar-refractivity contribution in [2.45, 2.75) is 57.0 Å². The molecule has 0 saturated heterocycles. The summed E-state index contributed by atoms with van der Waals surface area (Å²) in [7, 11) is 0. The predicted octanol–water partition coefficient (Wildman–Crippen LogP) is -1.05. The monoisotopic (exact) mass is 484 g/mol. The van der Waals surface area contributed by atoms with Gasteiger partial charge in [-0.15, -0.1) is 0 Å². The number of hydrogen-bond acceptors (Lipinski definition) is 8. The van der Waals surface area contributed by atoms with E-state index in [-0.39, 0.29) is 18.6 Å². The van der Waals surface area contributed by atoms with E-state index in [9.17, 15) is 34.5 Å². The summed E-state index contributed by atoms with van der Waals surface area (Å²) >= 11 is 1.44. The zero-order valence-electron chi connectivity index (χ0n) is 18.8. The minimum absolute atomic E-state index is 0.0196. The van der Waals surface area contributed by atoms with Gasteiger partial charge in [0.05, 0.1) is 6.10 Å². The quantitative estimate of drug-likeness (QED) is 0.183. The van der Waals surface area contributed by atoms with Crippen molar-refractivity contribution in [1.82, 2.24) is 16.0 Å². The van der Waals surface area contributed by atoms with E-state index in [1.54, 1.807) is 12.1 Å². The third-order valence-corrected chi connectivity index (χ3v) is 5.45. The van der Waals surface area contributed by atoms with Crippen molar-refractivity contribution in [3.05, 3.63) is 29.8 Å². The molecule has 0 radical (unpaired) electrons. The maximum Gasteiger partial charge on any atom is 0.326 e. The molecule has 11 nitrogen and oxygen atoms in total. The van der Waals surface area contributed by atoms with Crippen LogP contribution in [-0.2, 0) is 25.6 Å². The number of carbonyl (C=O) groups excluding carboxylic acids is 3. The number of aliphatic hydroxyl groups excluding tert-OH is 1. The number of carbonyl (C=O) groups is 4. The second kappa shape index (κ2) is 13.7. The normalized spacial score (nSPS) is 15.4. The van der Waals surface area contributed by atoms with E-state index < -0.39 is 54.0 Å². The van der Waals surface area contributed by atoms with Gasteiger partial charge in [0.15, 0.2) is 0 Å². The van der Waals surface area contributed by atoms with Gasteiger partial charge in [-0.05, 0) is 50.0 Å². The Morgan fingerprint density at radius 2 is 1.55 bits per heavy atom. The SMILES string of the molecule is CSCC[C@H](NC(=O)[C@H](C)NC(=O)[C@@H](N)[C@@H](C)O)C(=O)N[C@@H](Cc1ccc(O)cc1)C(=O)O. The Hall–Kier alpha value is -2.83. The Bertz CT molecular complexity index is 819. The van der Waals surface area contributed by atoms with E-state index in [2.05, 4.69) is 16.0 Å². The highest BCUT2D eigenvalue weighted by atomic mass is 32.2. The van der Waals surface area contributed by atoms with E-state index in [4.69, 9.17) is 5.73 Å². The lowest BCUT2D eigenvalue weighted by molar-refractivity contribution is -0.142. The summed E-state index contributed by atoms with van der Waals surface area (Å²) in [6, 6.07) is 1.38. The topological polar surface area (TPSA) is 191 Å². The number of benzene rings is 1. The average molecular weight is 485 g/mol. The van der Waals surface area contributed by atoms with Crippen LogP contribution in [0.4, 0.5) is 0 Å². The van der Waals surface area contributed by atoms with Crippen LogP contribution in [0.25, 0.3) is 0 Å². The number of hydrogen-bond donors (Lipinski definition) is 7. The average Bonchev–Trinajstić information content (AvgIpc) is 2.76. The summed E-state index contributed by atoms with van der Waals surface area (Å²) < 4.78 is 0. The predicted molar refractivity (Wildman–Crippen MR) is 124 cm³/mol. The molecule has 0 bridgehead atoms. The van der Waals surface area contributed by atoms with Crippen LogP contribution in [0.2, 0.25) is 0 Å². The molecule has 5 atom stereocenters. The van der Waals surface area contributed by atoms with Gasteiger partial charge in [0.2, 0.25) is 17.7 Å². The molecule has 3 amide bonds. The Kier molecular flexibility index (Phi) is 11.7. The number of amides is 3. The standard InChI is InChI=1S/C21H32N4O7S/c1-11(23-20(30)17(22)12(2)26)18(28)24-15(8-9-33-3)19(29)25-16(21(31)32)10-13-4-6-14(27)7-5-13/h4-7,11-12,15-17,26-27H,8-10,22H2,1-3H3,(H,23,30)(H,24,28)(H,25,29)(H,31,32)/t11-,12+,15-,16-,17-/m0/s1. The molecule has 0 saturated carbocycles. The van der Waals surface area contributed by atoms with E-state index in [0.29, 0.717) is 11.3 Å². The first-order valence-electron chi connectivity index (χ1n) is 10.3. The highest BCUT2D eigenvalue weighted by Gasteiger charge is 2.29. The molecule has 0 spiro atoms. The summed E-state index contributed by atoms with van der Waals surface area (Å²) in [5.74, 6) is -2.76. The Morgan fingerprint density at radius 3 is 2.06 bits per heavy atom. The molecule has 184 valence electrons. The zero-order valence-corrected chi connectivity index (χ0v) is 19.6. The Morgan fingerprint density at radius 1 is 0.970 bits per heavy atom. The Balaban J connectivity index is 2.84. The number of aliphatic hydroxyl groups is 1. The van der Waals surface area contributed by atoms with Gasteiger partial charge < -0.3 is 37.0 Å². The summed E-state index contributed by atoms with van der Waals surface area (Å²) in [4.78, 5) is 49.0. The molecule has 0 unspecified atom stereocenters. The van der Waals surface area contributed by atoms with Crippen LogP contribution in [0.15, 0.2) is 24.3 Å². The first-order valence-corrected chi connectivity index (χ1v) is 11.7. The van der Waals surface area contributed by atoms with Crippen LogP contribution in [0.3, 0.4) is 0 Å². The van der Waals surface area contributed by atoms with Gasteiger partial charge in [0, 0.05) is 6.42 Å². The van der Waals surface area contributed by atoms with Crippen molar-refractivity contribution in [1.29, 1.82) is 0 Å². The van der Waals surface area contributed by atoms with Crippen molar-refractivity contribution in [2.24, 2.45) is 5.73 Å². The van der Waals surface area contributed by atoms with Gasteiger partial charge in [0.25, 0.3) is 0 Å². The summed E-state index contributed by atoms with van der Waals surface area (Å²) in [6.45, 7) is 2.74. The number of carboxylic acids is 1. The minimum Gasteiger partial charge on any atom is -0.508 e. The lowest BCUT2D eigenvalue weighted by atomic mass is 10.0. The highest BCUT2D eigenvalue weighted by molar-refractivity contribution is 7.98. The molecule has 1 aromatic carbocycles. The number of nitrogens with one attached hydrogen (secondary N) is 3. The van der Waals surface area contributed by atoms with Crippen LogP contribution in [-0.4, -0.2) is 81.3 Å². The highest BCUT2D eigenvalue weighted by Crippen LogP contribution is 2.12. The van der Waals surface area contributed by atoms with Crippen LogP contribution < -0.4 is 21.7 Å². The molecule has 0 aliphatic rings. The molecule has 0 heterocycles. The van der Waals surface area contributed by atoms with Gasteiger partial charge in [-0.25, -0.2) is 4.79 Å². The van der Waals surface area contributed by atoms with Crippen molar-refractivity contribution in [3.63, 3.8) is 0 Å². The van der Waals surface area contributed by atoms with Crippen molar-refractivity contribution in [2.75, 3.05) is 12.0 Å². The summed E-state index contributed by atoms with van der Waals surface area (Å²) in [5, 5.41) is 35.6. The molecule has 0 aliphatic heterocycles. The second-order valence-corrected chi connectivity index (χ2v) is 8.59. The van der Waals surface area contributed by atoms with Gasteiger partial charge in [-0.2, -0.15) is 11.8 Å². The van der Waals surface area contributed by atoms with Crippen LogP contribution >= 0.6 is 11.8 Å². The molecule has 12 heteroatoms. The fraction of sp³-hybridized carbons (Fsp3) is 0.524. The first kappa shape index (κ1) is 28.2. The number of aliphatic carboxylic acids is 1. The van der Waals surface area contributed by atoms with E-state index >= 15 is 0 Å². The number of nitrogens with two attached hydrogens (primary N) is 1. The molecule has 0 aromatic heterocycles. The molecule has 1 aromatic rings. The maximum atomic E-state index is 12.8. The number of phenolic OH excluding ortho intramolecular Hbond substituents is 1. The number of phenols is 1. The number of carboxylic acid groups (broad SMARTS) is 1. The lowest BCUT2D eigenvalue weighted by Gasteiger charge is -2.24. The van der Waals surface area contributed by atoms with Crippen molar-refractivity contribution >= 4 is 35.5 Å². The van der Waals surface area contributed by atoms with Crippen LogP contribution in [0.1, 0.15) is 25.8 Å². The van der Waals surface area contributed by atoms with Gasteiger partial charge in [-0.1, -0.05) is 12.1 Å². The van der Waals surface area contributed by atoms with E-state index in [0.717, 1.165) is 0 Å². The number of rotatable bonds is 13. The van der Waals surface area contributed by atoms with Gasteiger partial charge in [0.1, 0.15) is 29.9 Å². The molecule has 8 N–H and O–H groups in total. The molecule has 0 aliphatic carbocycles. The van der Waals surface area contributed by atoms with Crippen LogP contribution in [0.5, 0.6) is 5.75 Å². The number of aromatic hydroxyl groups is 1. The molecule has 33 heavy (non-hydrogen) atoms. The largest absolute Gasteiger partial charge is 0.508 e. The zero-order chi connectivity index (χ0) is 25.1. The number of thioether (sulfide) groups is 1. The minimum atomic E-state index is -1.25. The van der Waals surface area contributed by atoms with E-state index in [1.807, 2.05) is 6.26 Å². The van der Waals surface area contributed by atoms with Gasteiger partial charge in [-0.3, -0.25) is 14.4 Å². The van der Waals surface area contributed by atoms with Crippen molar-refractivity contribution < 1.29 is 34.5 Å². The van der Waals surface area contributed by atoms with E-state index in [1.165, 1.54) is 37.7 Å². The lowest BCUT2D eigenvalue weighted by Crippen LogP contribution is -2.57.